The molecular formula is C13H18N4O. The fraction of sp³-hybridized carbons (Fsp3) is 0.462. The molecule has 18 heavy (non-hydrogen) atoms. The number of pyridine rings is 1. The topological polar surface area (TPSA) is 63.8 Å². The predicted octanol–water partition coefficient (Wildman–Crippen LogP) is 1.98. The van der Waals surface area contributed by atoms with Crippen LogP contribution in [0.15, 0.2) is 22.7 Å². The van der Waals surface area contributed by atoms with E-state index in [9.17, 15) is 0 Å². The number of aryl methyl sites for hydroxylation is 2. The van der Waals surface area contributed by atoms with Crippen molar-refractivity contribution in [1.29, 1.82) is 0 Å². The zero-order chi connectivity index (χ0) is 12.8. The maximum atomic E-state index is 5.62. The first-order valence-corrected chi connectivity index (χ1v) is 6.26. The van der Waals surface area contributed by atoms with E-state index in [4.69, 9.17) is 4.42 Å². The molecule has 1 N–H and O–H groups in total. The van der Waals surface area contributed by atoms with Crippen LogP contribution in [-0.4, -0.2) is 28.3 Å². The molecule has 0 fully saturated rings. The second-order valence-electron chi connectivity index (χ2n) is 4.13. The quantitative estimate of drug-likeness (QED) is 0.790. The van der Waals surface area contributed by atoms with Crippen LogP contribution in [0.4, 0.5) is 0 Å². The summed E-state index contributed by atoms with van der Waals surface area (Å²) in [4.78, 5) is 4.26. The molecule has 0 amide bonds. The molecule has 5 heteroatoms. The van der Waals surface area contributed by atoms with Crippen molar-refractivity contribution < 1.29 is 4.42 Å². The normalized spacial score (nSPS) is 10.8. The number of aromatic nitrogens is 3. The largest absolute Gasteiger partial charge is 0.419 e. The van der Waals surface area contributed by atoms with Gasteiger partial charge in [-0.3, -0.25) is 4.98 Å². The number of hydrogen-bond donors (Lipinski definition) is 1. The SMILES string of the molecule is CCNCCCc1nnc(-c2ncccc2C)o1. The smallest absolute Gasteiger partial charge is 0.266 e. The minimum atomic E-state index is 0.506. The molecule has 0 unspecified atom stereocenters. The van der Waals surface area contributed by atoms with Crippen LogP contribution >= 0.6 is 0 Å². The van der Waals surface area contributed by atoms with E-state index in [1.165, 1.54) is 0 Å². The van der Waals surface area contributed by atoms with Gasteiger partial charge in [-0.2, -0.15) is 0 Å². The standard InChI is InChI=1S/C13H18N4O/c1-3-14-8-5-7-11-16-17-13(18-11)12-10(2)6-4-9-15-12/h4,6,9,14H,3,5,7-8H2,1-2H3. The van der Waals surface area contributed by atoms with E-state index in [1.807, 2.05) is 19.1 Å². The summed E-state index contributed by atoms with van der Waals surface area (Å²) in [7, 11) is 0. The Bertz CT molecular complexity index is 495. The van der Waals surface area contributed by atoms with E-state index >= 15 is 0 Å². The highest BCUT2D eigenvalue weighted by Crippen LogP contribution is 2.19. The summed E-state index contributed by atoms with van der Waals surface area (Å²) in [6.45, 7) is 6.03. The second-order valence-corrected chi connectivity index (χ2v) is 4.13. The molecule has 0 radical (unpaired) electrons. The summed E-state index contributed by atoms with van der Waals surface area (Å²) >= 11 is 0. The lowest BCUT2D eigenvalue weighted by Crippen LogP contribution is -2.14. The van der Waals surface area contributed by atoms with Crippen molar-refractivity contribution in [2.24, 2.45) is 0 Å². The van der Waals surface area contributed by atoms with Gasteiger partial charge in [0.1, 0.15) is 5.69 Å². The molecule has 0 bridgehead atoms. The van der Waals surface area contributed by atoms with Crippen molar-refractivity contribution in [3.05, 3.63) is 29.8 Å². The summed E-state index contributed by atoms with van der Waals surface area (Å²) in [6, 6.07) is 3.88. The lowest BCUT2D eigenvalue weighted by molar-refractivity contribution is 0.491. The maximum Gasteiger partial charge on any atom is 0.266 e. The molecule has 0 saturated heterocycles. The summed E-state index contributed by atoms with van der Waals surface area (Å²) in [6.07, 6.45) is 3.53. The van der Waals surface area contributed by atoms with Crippen LogP contribution in [0.3, 0.4) is 0 Å². The summed E-state index contributed by atoms with van der Waals surface area (Å²) in [5.74, 6) is 1.18. The van der Waals surface area contributed by atoms with Gasteiger partial charge in [0.25, 0.3) is 5.89 Å². The Hall–Kier alpha value is -1.75. The minimum absolute atomic E-state index is 0.506. The van der Waals surface area contributed by atoms with Gasteiger partial charge in [-0.1, -0.05) is 13.0 Å². The summed E-state index contributed by atoms with van der Waals surface area (Å²) < 4.78 is 5.62. The lowest BCUT2D eigenvalue weighted by atomic mass is 10.2. The second kappa shape index (κ2) is 6.26. The molecule has 0 aromatic carbocycles. The maximum absolute atomic E-state index is 5.62. The van der Waals surface area contributed by atoms with Crippen molar-refractivity contribution in [2.45, 2.75) is 26.7 Å². The van der Waals surface area contributed by atoms with Crippen LogP contribution in [0.5, 0.6) is 0 Å². The fourth-order valence-electron chi connectivity index (χ4n) is 1.70. The molecular weight excluding hydrogens is 228 g/mol. The zero-order valence-electron chi connectivity index (χ0n) is 10.8. The molecule has 5 nitrogen and oxygen atoms in total. The van der Waals surface area contributed by atoms with E-state index < -0.39 is 0 Å². The Balaban J connectivity index is 2.00. The molecule has 0 atom stereocenters. The average Bonchev–Trinajstić information content (AvgIpc) is 2.84. The third-order valence-corrected chi connectivity index (χ3v) is 2.67. The molecule has 0 aliphatic heterocycles. The zero-order valence-corrected chi connectivity index (χ0v) is 10.8. The Kier molecular flexibility index (Phi) is 4.41. The molecule has 0 spiro atoms. The van der Waals surface area contributed by atoms with Crippen LogP contribution in [0.1, 0.15) is 24.8 Å². The Morgan fingerprint density at radius 2 is 2.22 bits per heavy atom. The van der Waals surface area contributed by atoms with E-state index in [0.717, 1.165) is 37.2 Å². The summed E-state index contributed by atoms with van der Waals surface area (Å²) in [5.41, 5.74) is 1.81. The van der Waals surface area contributed by atoms with Gasteiger partial charge in [-0.15, -0.1) is 10.2 Å². The third-order valence-electron chi connectivity index (χ3n) is 2.67. The molecule has 0 aliphatic carbocycles. The lowest BCUT2D eigenvalue weighted by Gasteiger charge is -1.98. The van der Waals surface area contributed by atoms with Crippen LogP contribution < -0.4 is 5.32 Å². The number of nitrogens with zero attached hydrogens (tertiary/aromatic N) is 3. The van der Waals surface area contributed by atoms with E-state index in [0.29, 0.717) is 11.8 Å². The van der Waals surface area contributed by atoms with E-state index in [2.05, 4.69) is 27.4 Å². The van der Waals surface area contributed by atoms with Gasteiger partial charge in [0.15, 0.2) is 0 Å². The molecule has 2 aromatic heterocycles. The van der Waals surface area contributed by atoms with E-state index in [-0.39, 0.29) is 0 Å². The van der Waals surface area contributed by atoms with Gasteiger partial charge >= 0.3 is 0 Å². The van der Waals surface area contributed by atoms with Crippen molar-refractivity contribution >= 4 is 0 Å². The highest BCUT2D eigenvalue weighted by Gasteiger charge is 2.11. The Morgan fingerprint density at radius 3 is 3.00 bits per heavy atom. The molecule has 0 saturated carbocycles. The first-order valence-electron chi connectivity index (χ1n) is 6.26. The predicted molar refractivity (Wildman–Crippen MR) is 69.1 cm³/mol. The van der Waals surface area contributed by atoms with Crippen LogP contribution in [0.25, 0.3) is 11.6 Å². The van der Waals surface area contributed by atoms with Crippen molar-refractivity contribution in [3.8, 4) is 11.6 Å². The Morgan fingerprint density at radius 1 is 1.33 bits per heavy atom. The molecule has 2 rings (SSSR count). The molecule has 96 valence electrons. The van der Waals surface area contributed by atoms with Crippen LogP contribution in [-0.2, 0) is 6.42 Å². The van der Waals surface area contributed by atoms with E-state index in [1.54, 1.807) is 6.20 Å². The van der Waals surface area contributed by atoms with Crippen LogP contribution in [0.2, 0.25) is 0 Å². The molecule has 0 aliphatic rings. The molecule has 2 heterocycles. The number of nitrogens with one attached hydrogen (secondary N) is 1. The van der Waals surface area contributed by atoms with Gasteiger partial charge in [-0.05, 0) is 38.1 Å². The van der Waals surface area contributed by atoms with Gasteiger partial charge < -0.3 is 9.73 Å². The first-order chi connectivity index (χ1) is 8.81. The van der Waals surface area contributed by atoms with Gasteiger partial charge in [0, 0.05) is 12.6 Å². The van der Waals surface area contributed by atoms with Gasteiger partial charge in [-0.25, -0.2) is 0 Å². The van der Waals surface area contributed by atoms with Crippen molar-refractivity contribution in [2.75, 3.05) is 13.1 Å². The fourth-order valence-corrected chi connectivity index (χ4v) is 1.70. The highest BCUT2D eigenvalue weighted by molar-refractivity contribution is 5.51. The van der Waals surface area contributed by atoms with Crippen molar-refractivity contribution in [3.63, 3.8) is 0 Å². The summed E-state index contributed by atoms with van der Waals surface area (Å²) in [5, 5.41) is 11.4. The number of rotatable bonds is 6. The Labute approximate surface area is 107 Å². The van der Waals surface area contributed by atoms with Gasteiger partial charge in [0.05, 0.1) is 0 Å². The molecule has 2 aromatic rings. The van der Waals surface area contributed by atoms with Crippen LogP contribution in [0, 0.1) is 6.92 Å². The monoisotopic (exact) mass is 246 g/mol. The van der Waals surface area contributed by atoms with Crippen molar-refractivity contribution in [1.82, 2.24) is 20.5 Å². The number of hydrogen-bond acceptors (Lipinski definition) is 5. The third kappa shape index (κ3) is 3.13. The van der Waals surface area contributed by atoms with Gasteiger partial charge in [0.2, 0.25) is 5.89 Å². The first kappa shape index (κ1) is 12.7. The average molecular weight is 246 g/mol. The minimum Gasteiger partial charge on any atom is -0.419 e. The highest BCUT2D eigenvalue weighted by atomic mass is 16.4.